The van der Waals surface area contributed by atoms with Gasteiger partial charge in [-0.15, -0.1) is 0 Å². The fourth-order valence-corrected chi connectivity index (χ4v) is 3.19. The maximum atomic E-state index is 9.77. The normalized spacial score (nSPS) is 20.5. The number of nitrogens with zero attached hydrogens (tertiary/aromatic N) is 1. The molecule has 1 fully saturated rings. The van der Waals surface area contributed by atoms with Crippen LogP contribution in [0, 0.1) is 11.8 Å². The van der Waals surface area contributed by atoms with E-state index in [2.05, 4.69) is 18.7 Å². The molecule has 1 saturated heterocycles. The second-order valence-electron chi connectivity index (χ2n) is 6.45. The van der Waals surface area contributed by atoms with Crippen molar-refractivity contribution in [3.63, 3.8) is 0 Å². The molecule has 0 aromatic heterocycles. The number of rotatable bonds is 5. The average molecular weight is 291 g/mol. The molecule has 0 aliphatic carbocycles. The first kappa shape index (κ1) is 16.2. The molecule has 3 heteroatoms. The minimum Gasteiger partial charge on any atom is -0.504 e. The van der Waals surface area contributed by atoms with Crippen LogP contribution in [-0.2, 0) is 6.54 Å². The number of hydrogen-bond donors (Lipinski definition) is 1. The first-order valence-electron chi connectivity index (χ1n) is 8.27. The number of likely N-dealkylation sites (tertiary alicyclic amines) is 1. The summed E-state index contributed by atoms with van der Waals surface area (Å²) in [5.41, 5.74) is 1.22. The van der Waals surface area contributed by atoms with Gasteiger partial charge in [0.2, 0.25) is 0 Å². The standard InChI is InChI=1S/C18H29NO2/c1-4-21-18-12-15(7-8-17(18)20)13-19-10-5-6-16(9-11-19)14(2)3/h7-8,12,14,16,20H,4-6,9-11,13H2,1-3H3. The van der Waals surface area contributed by atoms with Crippen LogP contribution in [0.15, 0.2) is 18.2 Å². The highest BCUT2D eigenvalue weighted by atomic mass is 16.5. The molecule has 2 rings (SSSR count). The molecule has 1 N–H and O–H groups in total. The summed E-state index contributed by atoms with van der Waals surface area (Å²) in [5, 5.41) is 9.77. The minimum absolute atomic E-state index is 0.233. The molecule has 0 radical (unpaired) electrons. The van der Waals surface area contributed by atoms with E-state index in [4.69, 9.17) is 4.74 Å². The van der Waals surface area contributed by atoms with Gasteiger partial charge < -0.3 is 9.84 Å². The Kier molecular flexibility index (Phi) is 5.92. The van der Waals surface area contributed by atoms with Gasteiger partial charge in [-0.1, -0.05) is 19.9 Å². The van der Waals surface area contributed by atoms with Crippen molar-refractivity contribution >= 4 is 0 Å². The summed E-state index contributed by atoms with van der Waals surface area (Å²) in [6.07, 6.45) is 3.95. The Morgan fingerprint density at radius 3 is 2.81 bits per heavy atom. The van der Waals surface area contributed by atoms with E-state index in [1.54, 1.807) is 6.07 Å². The van der Waals surface area contributed by atoms with Gasteiger partial charge in [0.1, 0.15) is 0 Å². The quantitative estimate of drug-likeness (QED) is 0.888. The number of aromatic hydroxyl groups is 1. The summed E-state index contributed by atoms with van der Waals surface area (Å²) < 4.78 is 5.47. The molecular weight excluding hydrogens is 262 g/mol. The van der Waals surface area contributed by atoms with Crippen molar-refractivity contribution in [3.05, 3.63) is 23.8 Å². The highest BCUT2D eigenvalue weighted by Crippen LogP contribution is 2.29. The van der Waals surface area contributed by atoms with Crippen molar-refractivity contribution in [1.82, 2.24) is 4.90 Å². The molecule has 1 aromatic rings. The Labute approximate surface area is 128 Å². The number of phenols is 1. The molecule has 1 aliphatic heterocycles. The first-order chi connectivity index (χ1) is 10.1. The molecule has 1 atom stereocenters. The van der Waals surface area contributed by atoms with Gasteiger partial charge in [-0.2, -0.15) is 0 Å². The van der Waals surface area contributed by atoms with Crippen LogP contribution in [0.2, 0.25) is 0 Å². The third-order valence-electron chi connectivity index (χ3n) is 4.54. The fraction of sp³-hybridized carbons (Fsp3) is 0.667. The van der Waals surface area contributed by atoms with Crippen molar-refractivity contribution < 1.29 is 9.84 Å². The largest absolute Gasteiger partial charge is 0.504 e. The average Bonchev–Trinajstić information content (AvgIpc) is 2.68. The van der Waals surface area contributed by atoms with Crippen LogP contribution in [-0.4, -0.2) is 29.7 Å². The summed E-state index contributed by atoms with van der Waals surface area (Å²) in [4.78, 5) is 2.53. The van der Waals surface area contributed by atoms with Gasteiger partial charge in [0.15, 0.2) is 11.5 Å². The molecule has 3 nitrogen and oxygen atoms in total. The molecule has 1 unspecified atom stereocenters. The maximum absolute atomic E-state index is 9.77. The number of phenolic OH excluding ortho intramolecular Hbond substituents is 1. The highest BCUT2D eigenvalue weighted by molar-refractivity contribution is 5.41. The Bertz CT molecular complexity index is 445. The van der Waals surface area contributed by atoms with Gasteiger partial charge >= 0.3 is 0 Å². The third-order valence-corrected chi connectivity index (χ3v) is 4.54. The van der Waals surface area contributed by atoms with Gasteiger partial charge in [0, 0.05) is 6.54 Å². The van der Waals surface area contributed by atoms with Crippen LogP contribution in [0.4, 0.5) is 0 Å². The Morgan fingerprint density at radius 2 is 2.10 bits per heavy atom. The zero-order chi connectivity index (χ0) is 15.2. The van der Waals surface area contributed by atoms with E-state index in [1.807, 2.05) is 19.1 Å². The Morgan fingerprint density at radius 1 is 1.29 bits per heavy atom. The van der Waals surface area contributed by atoms with Crippen molar-refractivity contribution in [2.45, 2.75) is 46.6 Å². The molecule has 0 spiro atoms. The molecule has 118 valence electrons. The molecule has 0 saturated carbocycles. The van der Waals surface area contributed by atoms with Gasteiger partial charge in [-0.25, -0.2) is 0 Å². The Balaban J connectivity index is 1.96. The zero-order valence-electron chi connectivity index (χ0n) is 13.6. The van der Waals surface area contributed by atoms with E-state index >= 15 is 0 Å². The first-order valence-corrected chi connectivity index (χ1v) is 8.27. The Hall–Kier alpha value is -1.22. The number of hydrogen-bond acceptors (Lipinski definition) is 3. The van der Waals surface area contributed by atoms with E-state index < -0.39 is 0 Å². The molecular formula is C18H29NO2. The van der Waals surface area contributed by atoms with Crippen LogP contribution < -0.4 is 4.74 Å². The van der Waals surface area contributed by atoms with Crippen molar-refractivity contribution in [2.24, 2.45) is 11.8 Å². The van der Waals surface area contributed by atoms with E-state index in [1.165, 1.54) is 37.9 Å². The highest BCUT2D eigenvalue weighted by Gasteiger charge is 2.19. The van der Waals surface area contributed by atoms with Crippen LogP contribution in [0.1, 0.15) is 45.6 Å². The third kappa shape index (κ3) is 4.63. The lowest BCUT2D eigenvalue weighted by Crippen LogP contribution is -2.24. The molecule has 1 aliphatic rings. The number of benzene rings is 1. The van der Waals surface area contributed by atoms with Crippen molar-refractivity contribution in [2.75, 3.05) is 19.7 Å². The van der Waals surface area contributed by atoms with Crippen LogP contribution in [0.5, 0.6) is 11.5 Å². The van der Waals surface area contributed by atoms with E-state index in [9.17, 15) is 5.11 Å². The second kappa shape index (κ2) is 7.69. The summed E-state index contributed by atoms with van der Waals surface area (Å²) in [6, 6.07) is 5.72. The fourth-order valence-electron chi connectivity index (χ4n) is 3.19. The minimum atomic E-state index is 0.233. The van der Waals surface area contributed by atoms with E-state index in [0.29, 0.717) is 12.4 Å². The summed E-state index contributed by atoms with van der Waals surface area (Å²) in [7, 11) is 0. The predicted octanol–water partition coefficient (Wildman–Crippen LogP) is 4.05. The summed E-state index contributed by atoms with van der Waals surface area (Å²) >= 11 is 0. The maximum Gasteiger partial charge on any atom is 0.161 e. The lowest BCUT2D eigenvalue weighted by molar-refractivity contribution is 0.263. The molecule has 21 heavy (non-hydrogen) atoms. The molecule has 0 amide bonds. The van der Waals surface area contributed by atoms with Crippen LogP contribution in [0.3, 0.4) is 0 Å². The van der Waals surface area contributed by atoms with Gasteiger partial charge in [0.25, 0.3) is 0 Å². The van der Waals surface area contributed by atoms with E-state index in [-0.39, 0.29) is 5.75 Å². The van der Waals surface area contributed by atoms with Gasteiger partial charge in [0.05, 0.1) is 6.61 Å². The van der Waals surface area contributed by atoms with Gasteiger partial charge in [-0.05, 0) is 68.8 Å². The monoisotopic (exact) mass is 291 g/mol. The molecule has 0 bridgehead atoms. The molecule has 1 aromatic carbocycles. The van der Waals surface area contributed by atoms with Crippen molar-refractivity contribution in [1.29, 1.82) is 0 Å². The topological polar surface area (TPSA) is 32.7 Å². The second-order valence-corrected chi connectivity index (χ2v) is 6.45. The van der Waals surface area contributed by atoms with E-state index in [0.717, 1.165) is 18.4 Å². The number of ether oxygens (including phenoxy) is 1. The SMILES string of the molecule is CCOc1cc(CN2CCCC(C(C)C)CC2)ccc1O. The predicted molar refractivity (Wildman–Crippen MR) is 86.7 cm³/mol. The summed E-state index contributed by atoms with van der Waals surface area (Å²) in [5.74, 6) is 2.50. The lowest BCUT2D eigenvalue weighted by atomic mass is 9.89. The summed E-state index contributed by atoms with van der Waals surface area (Å²) in [6.45, 7) is 10.5. The van der Waals surface area contributed by atoms with Gasteiger partial charge in [-0.3, -0.25) is 4.90 Å². The zero-order valence-corrected chi connectivity index (χ0v) is 13.6. The smallest absolute Gasteiger partial charge is 0.161 e. The van der Waals surface area contributed by atoms with Crippen LogP contribution >= 0.6 is 0 Å². The molecule has 1 heterocycles. The van der Waals surface area contributed by atoms with Crippen molar-refractivity contribution in [3.8, 4) is 11.5 Å². The lowest BCUT2D eigenvalue weighted by Gasteiger charge is -2.21. The van der Waals surface area contributed by atoms with Crippen LogP contribution in [0.25, 0.3) is 0 Å².